The maximum absolute atomic E-state index is 12.8. The van der Waals surface area contributed by atoms with Crippen LogP contribution in [0.4, 0.5) is 0 Å². The fraction of sp³-hybridized carbons (Fsp3) is 0.450. The molecule has 0 saturated carbocycles. The van der Waals surface area contributed by atoms with Gasteiger partial charge in [0.2, 0.25) is 10.0 Å². The molecule has 0 radical (unpaired) electrons. The summed E-state index contributed by atoms with van der Waals surface area (Å²) in [5.41, 5.74) is 0.739. The van der Waals surface area contributed by atoms with E-state index in [1.165, 1.54) is 12.3 Å². The molecular formula is C20H26N2O6S. The summed E-state index contributed by atoms with van der Waals surface area (Å²) in [7, 11) is -2.07. The minimum Gasteiger partial charge on any atom is -0.491 e. The van der Waals surface area contributed by atoms with Crippen LogP contribution in [0.2, 0.25) is 0 Å². The van der Waals surface area contributed by atoms with Crippen LogP contribution in [0.1, 0.15) is 29.0 Å². The van der Waals surface area contributed by atoms with Crippen LogP contribution in [-0.4, -0.2) is 58.7 Å². The quantitative estimate of drug-likeness (QED) is 0.655. The summed E-state index contributed by atoms with van der Waals surface area (Å²) in [6, 6.07) is 7.86. The number of nitrogens with zero attached hydrogens (tertiary/aromatic N) is 1. The van der Waals surface area contributed by atoms with Gasteiger partial charge in [-0.2, -0.15) is 0 Å². The molecule has 1 aromatic carbocycles. The van der Waals surface area contributed by atoms with E-state index in [2.05, 4.69) is 4.72 Å². The van der Waals surface area contributed by atoms with E-state index in [9.17, 15) is 13.2 Å². The van der Waals surface area contributed by atoms with E-state index in [1.807, 2.05) is 0 Å². The molecule has 1 aliphatic heterocycles. The van der Waals surface area contributed by atoms with Gasteiger partial charge in [-0.1, -0.05) is 0 Å². The lowest BCUT2D eigenvalue weighted by Gasteiger charge is -2.31. The van der Waals surface area contributed by atoms with Crippen LogP contribution in [-0.2, 0) is 14.8 Å². The number of aryl methyl sites for hydroxylation is 1. The monoisotopic (exact) mass is 422 g/mol. The van der Waals surface area contributed by atoms with Gasteiger partial charge in [-0.05, 0) is 55.7 Å². The minimum atomic E-state index is -3.66. The Bertz CT molecular complexity index is 918. The first-order valence-corrected chi connectivity index (χ1v) is 11.0. The van der Waals surface area contributed by atoms with Crippen molar-refractivity contribution in [3.63, 3.8) is 0 Å². The average molecular weight is 423 g/mol. The zero-order valence-electron chi connectivity index (χ0n) is 16.6. The largest absolute Gasteiger partial charge is 0.491 e. The number of ether oxygens (including phenoxy) is 2. The summed E-state index contributed by atoms with van der Waals surface area (Å²) in [5, 5.41) is 0. The highest BCUT2D eigenvalue weighted by atomic mass is 32.2. The van der Waals surface area contributed by atoms with Gasteiger partial charge in [-0.3, -0.25) is 4.79 Å². The first-order valence-electron chi connectivity index (χ1n) is 9.48. The van der Waals surface area contributed by atoms with Crippen molar-refractivity contribution in [2.24, 2.45) is 0 Å². The molecule has 1 fully saturated rings. The zero-order chi connectivity index (χ0) is 20.9. The highest BCUT2D eigenvalue weighted by molar-refractivity contribution is 7.89. The number of rotatable bonds is 8. The van der Waals surface area contributed by atoms with Crippen molar-refractivity contribution in [2.75, 3.05) is 33.4 Å². The Balaban J connectivity index is 1.57. The number of sulfonamides is 1. The Labute approximate surface area is 170 Å². The second kappa shape index (κ2) is 9.43. The topological polar surface area (TPSA) is 98.1 Å². The number of carbonyl (C=O) groups is 1. The van der Waals surface area contributed by atoms with Crippen molar-refractivity contribution >= 4 is 15.9 Å². The van der Waals surface area contributed by atoms with Gasteiger partial charge in [0, 0.05) is 26.2 Å². The second-order valence-corrected chi connectivity index (χ2v) is 8.65. The third-order valence-corrected chi connectivity index (χ3v) is 6.36. The molecule has 0 atom stereocenters. The maximum atomic E-state index is 12.8. The molecule has 29 heavy (non-hydrogen) atoms. The Hall–Kier alpha value is -2.36. The first kappa shape index (κ1) is 21.4. The second-order valence-electron chi connectivity index (χ2n) is 6.93. The molecule has 1 N–H and O–H groups in total. The van der Waals surface area contributed by atoms with Crippen molar-refractivity contribution in [3.05, 3.63) is 47.9 Å². The van der Waals surface area contributed by atoms with Gasteiger partial charge in [0.1, 0.15) is 12.4 Å². The van der Waals surface area contributed by atoms with Crippen molar-refractivity contribution in [1.29, 1.82) is 0 Å². The predicted octanol–water partition coefficient (Wildman–Crippen LogP) is 2.20. The van der Waals surface area contributed by atoms with E-state index < -0.39 is 10.0 Å². The minimum absolute atomic E-state index is 0.170. The van der Waals surface area contributed by atoms with Gasteiger partial charge in [0.05, 0.1) is 17.8 Å². The molecule has 1 saturated heterocycles. The summed E-state index contributed by atoms with van der Waals surface area (Å²) in [4.78, 5) is 14.2. The standard InChI is InChI=1S/C20H26N2O6S/c1-15-14-17(5-6-18(15)28-13-12-26-2)29(24,25)21-16-7-9-22(10-8-16)20(23)19-4-3-11-27-19/h3-6,11,14,16,21H,7-10,12-13H2,1-2H3. The van der Waals surface area contributed by atoms with Gasteiger partial charge >= 0.3 is 0 Å². The van der Waals surface area contributed by atoms with Gasteiger partial charge in [-0.25, -0.2) is 13.1 Å². The molecule has 1 amide bonds. The number of amides is 1. The van der Waals surface area contributed by atoms with Crippen molar-refractivity contribution in [3.8, 4) is 5.75 Å². The van der Waals surface area contributed by atoms with Crippen LogP contribution in [0.15, 0.2) is 45.9 Å². The molecule has 0 aliphatic carbocycles. The van der Waals surface area contributed by atoms with Crippen molar-refractivity contribution in [2.45, 2.75) is 30.7 Å². The van der Waals surface area contributed by atoms with Crippen LogP contribution in [0, 0.1) is 6.92 Å². The molecule has 1 aromatic heterocycles. The summed E-state index contributed by atoms with van der Waals surface area (Å²) in [6.45, 7) is 3.61. The number of hydrogen-bond acceptors (Lipinski definition) is 6. The Morgan fingerprint density at radius 1 is 1.24 bits per heavy atom. The van der Waals surface area contributed by atoms with E-state index in [-0.39, 0.29) is 16.8 Å². The molecule has 0 spiro atoms. The molecule has 3 rings (SSSR count). The number of piperidine rings is 1. The fourth-order valence-electron chi connectivity index (χ4n) is 3.23. The number of methoxy groups -OCH3 is 1. The highest BCUT2D eigenvalue weighted by Gasteiger charge is 2.28. The van der Waals surface area contributed by atoms with E-state index >= 15 is 0 Å². The Kier molecular flexibility index (Phi) is 6.94. The number of carbonyl (C=O) groups excluding carboxylic acids is 1. The summed E-state index contributed by atoms with van der Waals surface area (Å²) < 4.78 is 43.9. The molecule has 158 valence electrons. The van der Waals surface area contributed by atoms with E-state index in [1.54, 1.807) is 43.2 Å². The van der Waals surface area contributed by atoms with Gasteiger partial charge in [0.25, 0.3) is 5.91 Å². The summed E-state index contributed by atoms with van der Waals surface area (Å²) in [5.74, 6) is 0.758. The Morgan fingerprint density at radius 3 is 2.62 bits per heavy atom. The molecule has 9 heteroatoms. The number of furan rings is 1. The lowest BCUT2D eigenvalue weighted by atomic mass is 10.1. The van der Waals surface area contributed by atoms with Crippen LogP contribution in [0.5, 0.6) is 5.75 Å². The van der Waals surface area contributed by atoms with Gasteiger partial charge < -0.3 is 18.8 Å². The van der Waals surface area contributed by atoms with Crippen LogP contribution in [0.3, 0.4) is 0 Å². The molecule has 2 aromatic rings. The van der Waals surface area contributed by atoms with E-state index in [0.29, 0.717) is 50.7 Å². The van der Waals surface area contributed by atoms with Crippen LogP contribution < -0.4 is 9.46 Å². The molecular weight excluding hydrogens is 396 g/mol. The van der Waals surface area contributed by atoms with Gasteiger partial charge in [0.15, 0.2) is 5.76 Å². The number of benzene rings is 1. The first-order chi connectivity index (χ1) is 13.9. The fourth-order valence-corrected chi connectivity index (χ4v) is 4.62. The molecule has 0 unspecified atom stereocenters. The third-order valence-electron chi connectivity index (χ3n) is 4.84. The summed E-state index contributed by atoms with van der Waals surface area (Å²) in [6.07, 6.45) is 2.55. The number of nitrogens with one attached hydrogen (secondary N) is 1. The molecule has 0 bridgehead atoms. The maximum Gasteiger partial charge on any atom is 0.289 e. The van der Waals surface area contributed by atoms with Crippen molar-refractivity contribution < 1.29 is 27.1 Å². The lowest BCUT2D eigenvalue weighted by molar-refractivity contribution is 0.0679. The smallest absolute Gasteiger partial charge is 0.289 e. The highest BCUT2D eigenvalue weighted by Crippen LogP contribution is 2.23. The molecule has 2 heterocycles. The van der Waals surface area contributed by atoms with Crippen LogP contribution >= 0.6 is 0 Å². The number of likely N-dealkylation sites (tertiary alicyclic amines) is 1. The lowest BCUT2D eigenvalue weighted by Crippen LogP contribution is -2.46. The molecule has 1 aliphatic rings. The van der Waals surface area contributed by atoms with Gasteiger partial charge in [-0.15, -0.1) is 0 Å². The summed E-state index contributed by atoms with van der Waals surface area (Å²) >= 11 is 0. The zero-order valence-corrected chi connectivity index (χ0v) is 17.4. The van der Waals surface area contributed by atoms with Crippen LogP contribution in [0.25, 0.3) is 0 Å². The van der Waals surface area contributed by atoms with E-state index in [0.717, 1.165) is 5.56 Å². The predicted molar refractivity (Wildman–Crippen MR) is 107 cm³/mol. The Morgan fingerprint density at radius 2 is 2.00 bits per heavy atom. The van der Waals surface area contributed by atoms with Crippen molar-refractivity contribution in [1.82, 2.24) is 9.62 Å². The normalized spacial score (nSPS) is 15.4. The third kappa shape index (κ3) is 5.37. The number of hydrogen-bond donors (Lipinski definition) is 1. The average Bonchev–Trinajstić information content (AvgIpc) is 3.24. The SMILES string of the molecule is COCCOc1ccc(S(=O)(=O)NC2CCN(C(=O)c3ccco3)CC2)cc1C. The molecule has 8 nitrogen and oxygen atoms in total. The van der Waals surface area contributed by atoms with E-state index in [4.69, 9.17) is 13.9 Å².